The van der Waals surface area contributed by atoms with E-state index in [0.29, 0.717) is 42.6 Å². The summed E-state index contributed by atoms with van der Waals surface area (Å²) in [5.41, 5.74) is 6.64. The van der Waals surface area contributed by atoms with Crippen molar-refractivity contribution in [1.29, 1.82) is 0 Å². The number of Topliss-reactive ketones (excluding diaryl/α,β-unsaturated/α-hetero) is 1. The normalized spacial score (nSPS) is 14.8. The molecule has 3 rings (SSSR count). The van der Waals surface area contributed by atoms with Gasteiger partial charge in [0.2, 0.25) is 5.91 Å². The van der Waals surface area contributed by atoms with Gasteiger partial charge in [0.1, 0.15) is 5.75 Å². The fourth-order valence-electron chi connectivity index (χ4n) is 3.17. The Labute approximate surface area is 151 Å². The molecule has 0 saturated carbocycles. The lowest BCUT2D eigenvalue weighted by Gasteiger charge is -2.31. The fourth-order valence-corrected chi connectivity index (χ4v) is 3.17. The minimum absolute atomic E-state index is 0.0444. The van der Waals surface area contributed by atoms with Crippen molar-refractivity contribution in [3.8, 4) is 5.75 Å². The van der Waals surface area contributed by atoms with Crippen molar-refractivity contribution < 1.29 is 19.5 Å². The van der Waals surface area contributed by atoms with E-state index < -0.39 is 5.91 Å². The third-order valence-corrected chi connectivity index (χ3v) is 4.72. The van der Waals surface area contributed by atoms with Crippen LogP contribution < -0.4 is 5.73 Å². The number of piperidine rings is 1. The Morgan fingerprint density at radius 3 is 1.88 bits per heavy atom. The van der Waals surface area contributed by atoms with Crippen LogP contribution in [0.5, 0.6) is 5.75 Å². The van der Waals surface area contributed by atoms with Gasteiger partial charge >= 0.3 is 0 Å². The van der Waals surface area contributed by atoms with E-state index in [2.05, 4.69) is 0 Å². The molecule has 0 spiro atoms. The highest BCUT2D eigenvalue weighted by atomic mass is 16.3. The van der Waals surface area contributed by atoms with Crippen molar-refractivity contribution in [3.05, 3.63) is 65.2 Å². The molecule has 0 aliphatic carbocycles. The van der Waals surface area contributed by atoms with E-state index in [1.54, 1.807) is 29.2 Å². The summed E-state index contributed by atoms with van der Waals surface area (Å²) in [5, 5.41) is 9.32. The third-order valence-electron chi connectivity index (χ3n) is 4.72. The van der Waals surface area contributed by atoms with E-state index in [1.165, 1.54) is 24.3 Å². The molecular formula is C20H20N2O4. The number of phenols is 1. The van der Waals surface area contributed by atoms with Crippen LogP contribution in [0, 0.1) is 5.92 Å². The molecule has 26 heavy (non-hydrogen) atoms. The van der Waals surface area contributed by atoms with Crippen molar-refractivity contribution in [2.75, 3.05) is 13.1 Å². The van der Waals surface area contributed by atoms with Crippen LogP contribution in [0.2, 0.25) is 0 Å². The van der Waals surface area contributed by atoms with Crippen molar-refractivity contribution in [2.45, 2.75) is 12.8 Å². The average Bonchev–Trinajstić information content (AvgIpc) is 2.67. The van der Waals surface area contributed by atoms with Gasteiger partial charge in [-0.05, 0) is 61.4 Å². The number of carbonyl (C=O) groups is 3. The lowest BCUT2D eigenvalue weighted by atomic mass is 9.88. The highest BCUT2D eigenvalue weighted by Crippen LogP contribution is 2.24. The zero-order chi connectivity index (χ0) is 18.7. The van der Waals surface area contributed by atoms with E-state index in [9.17, 15) is 19.5 Å². The predicted octanol–water partition coefficient (Wildman–Crippen LogP) is 2.23. The van der Waals surface area contributed by atoms with Crippen LogP contribution >= 0.6 is 0 Å². The monoisotopic (exact) mass is 352 g/mol. The Morgan fingerprint density at radius 1 is 0.846 bits per heavy atom. The fraction of sp³-hybridized carbons (Fsp3) is 0.250. The minimum Gasteiger partial charge on any atom is -0.508 e. The first-order valence-corrected chi connectivity index (χ1v) is 8.48. The number of hydrogen-bond donors (Lipinski definition) is 2. The van der Waals surface area contributed by atoms with Crippen molar-refractivity contribution in [2.24, 2.45) is 11.7 Å². The molecule has 134 valence electrons. The van der Waals surface area contributed by atoms with Crippen molar-refractivity contribution in [1.82, 2.24) is 4.90 Å². The number of carbonyl (C=O) groups excluding carboxylic acids is 3. The van der Waals surface area contributed by atoms with Gasteiger partial charge in [-0.2, -0.15) is 0 Å². The van der Waals surface area contributed by atoms with Crippen molar-refractivity contribution >= 4 is 17.6 Å². The molecular weight excluding hydrogens is 332 g/mol. The molecule has 6 heteroatoms. The van der Waals surface area contributed by atoms with Gasteiger partial charge in [-0.25, -0.2) is 0 Å². The summed E-state index contributed by atoms with van der Waals surface area (Å²) in [5.74, 6) is -0.595. The zero-order valence-electron chi connectivity index (χ0n) is 14.2. The lowest BCUT2D eigenvalue weighted by molar-refractivity contribution is 0.0650. The number of nitrogens with two attached hydrogens (primary N) is 1. The predicted molar refractivity (Wildman–Crippen MR) is 96.0 cm³/mol. The number of benzene rings is 2. The van der Waals surface area contributed by atoms with E-state index in [-0.39, 0.29) is 23.4 Å². The largest absolute Gasteiger partial charge is 0.508 e. The molecule has 0 atom stereocenters. The number of primary amides is 1. The Morgan fingerprint density at radius 2 is 1.35 bits per heavy atom. The maximum Gasteiger partial charge on any atom is 0.253 e. The number of phenolic OH excluding ortho intramolecular Hbond substituents is 1. The topological polar surface area (TPSA) is 101 Å². The molecule has 0 bridgehead atoms. The van der Waals surface area contributed by atoms with E-state index >= 15 is 0 Å². The molecule has 1 fully saturated rings. The highest BCUT2D eigenvalue weighted by molar-refractivity contribution is 5.99. The number of aromatic hydroxyl groups is 1. The standard InChI is InChI=1S/C20H20N2O4/c21-19(25)15-1-3-16(4-2-15)20(26)22-11-9-14(10-12-22)18(24)13-5-7-17(23)8-6-13/h1-8,14,23H,9-12H2,(H2,21,25). The van der Waals surface area contributed by atoms with Crippen LogP contribution in [0.15, 0.2) is 48.5 Å². The second kappa shape index (κ2) is 7.39. The molecule has 1 aliphatic heterocycles. The van der Waals surface area contributed by atoms with Gasteiger partial charge in [0.15, 0.2) is 5.78 Å². The maximum atomic E-state index is 12.6. The van der Waals surface area contributed by atoms with E-state index in [0.717, 1.165) is 0 Å². The Bertz CT molecular complexity index is 820. The number of rotatable bonds is 4. The molecule has 1 heterocycles. The molecule has 3 N–H and O–H groups in total. The van der Waals surface area contributed by atoms with Crippen molar-refractivity contribution in [3.63, 3.8) is 0 Å². The number of amides is 2. The smallest absolute Gasteiger partial charge is 0.253 e. The highest BCUT2D eigenvalue weighted by Gasteiger charge is 2.28. The summed E-state index contributed by atoms with van der Waals surface area (Å²) in [6.07, 6.45) is 1.20. The van der Waals surface area contributed by atoms with Crippen LogP contribution in [-0.4, -0.2) is 40.7 Å². The summed E-state index contributed by atoms with van der Waals surface area (Å²) in [6.45, 7) is 1.01. The first-order valence-electron chi connectivity index (χ1n) is 8.48. The van der Waals surface area contributed by atoms with E-state index in [1.807, 2.05) is 0 Å². The molecule has 1 saturated heterocycles. The van der Waals surface area contributed by atoms with Crippen LogP contribution in [0.4, 0.5) is 0 Å². The van der Waals surface area contributed by atoms with Crippen LogP contribution in [0.1, 0.15) is 43.9 Å². The van der Waals surface area contributed by atoms with Gasteiger partial charge in [0.25, 0.3) is 5.91 Å². The second-order valence-electron chi connectivity index (χ2n) is 6.42. The average molecular weight is 352 g/mol. The number of hydrogen-bond acceptors (Lipinski definition) is 4. The van der Waals surface area contributed by atoms with Gasteiger partial charge in [0, 0.05) is 35.7 Å². The molecule has 0 unspecified atom stereocenters. The first kappa shape index (κ1) is 17.7. The summed E-state index contributed by atoms with van der Waals surface area (Å²) < 4.78 is 0. The lowest BCUT2D eigenvalue weighted by Crippen LogP contribution is -2.40. The first-order chi connectivity index (χ1) is 12.5. The summed E-state index contributed by atoms with van der Waals surface area (Å²) in [6, 6.07) is 12.5. The molecule has 0 aromatic heterocycles. The molecule has 6 nitrogen and oxygen atoms in total. The summed E-state index contributed by atoms with van der Waals surface area (Å²) in [7, 11) is 0. The Balaban J connectivity index is 1.60. The van der Waals surface area contributed by atoms with Gasteiger partial charge < -0.3 is 15.7 Å². The number of ketones is 1. The quantitative estimate of drug-likeness (QED) is 0.824. The molecule has 1 aliphatic rings. The van der Waals surface area contributed by atoms with Gasteiger partial charge in [-0.15, -0.1) is 0 Å². The van der Waals surface area contributed by atoms with E-state index in [4.69, 9.17) is 5.73 Å². The Kier molecular flexibility index (Phi) is 5.02. The van der Waals surface area contributed by atoms with Crippen LogP contribution in [-0.2, 0) is 0 Å². The SMILES string of the molecule is NC(=O)c1ccc(C(=O)N2CCC(C(=O)c3ccc(O)cc3)CC2)cc1. The number of nitrogens with zero attached hydrogens (tertiary/aromatic N) is 1. The van der Waals surface area contributed by atoms with Gasteiger partial charge in [0.05, 0.1) is 0 Å². The number of likely N-dealkylation sites (tertiary alicyclic amines) is 1. The summed E-state index contributed by atoms with van der Waals surface area (Å²) in [4.78, 5) is 37.9. The molecule has 2 amide bonds. The second-order valence-corrected chi connectivity index (χ2v) is 6.42. The van der Waals surface area contributed by atoms with Crippen LogP contribution in [0.3, 0.4) is 0 Å². The minimum atomic E-state index is -0.530. The zero-order valence-corrected chi connectivity index (χ0v) is 14.2. The molecule has 0 radical (unpaired) electrons. The molecule has 2 aromatic carbocycles. The summed E-state index contributed by atoms with van der Waals surface area (Å²) >= 11 is 0. The van der Waals surface area contributed by atoms with Gasteiger partial charge in [-0.3, -0.25) is 14.4 Å². The van der Waals surface area contributed by atoms with Gasteiger partial charge in [-0.1, -0.05) is 0 Å². The third kappa shape index (κ3) is 3.74. The molecule has 2 aromatic rings. The maximum absolute atomic E-state index is 12.6. The van der Waals surface area contributed by atoms with Crippen LogP contribution in [0.25, 0.3) is 0 Å². The Hall–Kier alpha value is -3.15.